The molecule has 34 heteroatoms. The zero-order valence-electron chi connectivity index (χ0n) is 74.2. The van der Waals surface area contributed by atoms with Gasteiger partial charge in [0.15, 0.2) is 5.58 Å². The van der Waals surface area contributed by atoms with Crippen molar-refractivity contribution in [2.24, 2.45) is 0 Å². The van der Waals surface area contributed by atoms with Crippen molar-refractivity contribution in [2.45, 2.75) is 130 Å². The van der Waals surface area contributed by atoms with Crippen LogP contribution < -0.4 is 30.7 Å². The normalized spacial score (nSPS) is 11.7. The van der Waals surface area contributed by atoms with Gasteiger partial charge in [-0.05, 0) is 181 Å². The van der Waals surface area contributed by atoms with Crippen molar-refractivity contribution in [3.8, 4) is 18.2 Å². The Kier molecular flexibility index (Phi) is 51.3. The number of rotatable bonds is 56. The largest absolute Gasteiger partial charge is 0.456 e. The Morgan fingerprint density at radius 1 is 0.441 bits per heavy atom. The average molecular weight is 1870 g/mol. The monoisotopic (exact) mass is 1870 g/mol. The highest BCUT2D eigenvalue weighted by Gasteiger charge is 2.23. The van der Waals surface area contributed by atoms with Crippen molar-refractivity contribution in [2.75, 3.05) is 198 Å². The minimum Gasteiger partial charge on any atom is -0.456 e. The number of anilines is 3. The summed E-state index contributed by atoms with van der Waals surface area (Å²) in [6, 6.07) is 37.4. The van der Waals surface area contributed by atoms with Gasteiger partial charge in [0.25, 0.3) is 0 Å². The maximum atomic E-state index is 12.3. The van der Waals surface area contributed by atoms with Crippen LogP contribution in [0.4, 0.5) is 31.4 Å². The summed E-state index contributed by atoms with van der Waals surface area (Å²) >= 11 is 21.5. The lowest BCUT2D eigenvalue weighted by molar-refractivity contribution is -0.150. The van der Waals surface area contributed by atoms with Gasteiger partial charge < -0.3 is 92.3 Å². The van der Waals surface area contributed by atoms with Crippen LogP contribution in [0.15, 0.2) is 113 Å². The van der Waals surface area contributed by atoms with Crippen molar-refractivity contribution in [3.63, 3.8) is 0 Å². The Bertz CT molecular complexity index is 4810. The van der Waals surface area contributed by atoms with Crippen LogP contribution in [-0.4, -0.2) is 235 Å². The number of ether oxygens (including phenoxy) is 11. The number of aromatic nitrogens is 1. The summed E-state index contributed by atoms with van der Waals surface area (Å²) in [5.74, 6) is 1.15. The smallest absolute Gasteiger partial charge is 0.407 e. The van der Waals surface area contributed by atoms with Crippen LogP contribution >= 0.6 is 68.8 Å². The number of alkyl halides is 3. The number of para-hydroxylation sites is 2. The molecule has 692 valence electrons. The Balaban J connectivity index is 0.000000294. The van der Waals surface area contributed by atoms with Gasteiger partial charge in [-0.1, -0.05) is 68.9 Å². The number of nitriles is 3. The molecule has 0 aliphatic carbocycles. The third kappa shape index (κ3) is 43.6. The van der Waals surface area contributed by atoms with Crippen molar-refractivity contribution in [3.05, 3.63) is 129 Å². The van der Waals surface area contributed by atoms with Crippen LogP contribution in [0.1, 0.15) is 139 Å². The number of benzene rings is 4. The zero-order valence-corrected chi connectivity index (χ0v) is 78.9. The Morgan fingerprint density at radius 2 is 0.803 bits per heavy atom. The Labute approximate surface area is 773 Å². The summed E-state index contributed by atoms with van der Waals surface area (Å²) in [6.45, 7) is 20.3. The quantitative estimate of drug-likeness (QED) is 0.00687. The highest BCUT2D eigenvalue weighted by molar-refractivity contribution is 7.20. The first-order valence-electron chi connectivity index (χ1n) is 42.8. The van der Waals surface area contributed by atoms with Gasteiger partial charge in [0, 0.05) is 124 Å². The molecule has 0 fully saturated rings. The molecular formula is C93H123Cl3N10O18S3. The first-order valence-corrected chi connectivity index (χ1v) is 46.8. The fourth-order valence-electron chi connectivity index (χ4n) is 11.8. The number of allylic oxidation sites excluding steroid dienone is 1. The minimum atomic E-state index is -0.698. The second-order valence-electron chi connectivity index (χ2n) is 30.8. The summed E-state index contributed by atoms with van der Waals surface area (Å²) in [4.78, 5) is 73.5. The topological polar surface area (TPSA) is 350 Å². The lowest BCUT2D eigenvalue weighted by Gasteiger charge is -2.24. The SMILES string of the molecule is CC(C)(C)OC(=O)/C(C#N)=C/c1cc2ccc(N(CCO)CCOC(=O)NCCOCCOCCCCCCCl)cc2s1.CN(CCOC(=O)NCCOCCOCCCCCCCl)c1ccc2cc(/C=C(\C#N)C(=O)OC(C)(C)C)sc2c1.CN(CCOC(=O)NCCOCCOCCCCCCCl)c1ccc2cc(/C=C(\C#N)c3nc4ccccc4o3)sc2c1. The molecule has 0 saturated carbocycles. The number of nitrogens with one attached hydrogen (secondary N) is 3. The number of carbonyl (C=O) groups excluding carboxylic acids is 5. The zero-order chi connectivity index (χ0) is 91.9. The number of likely N-dealkylation sites (N-methyl/N-ethyl adjacent to an activating group) is 2. The number of oxazole rings is 1. The molecule has 4 N–H and O–H groups in total. The molecule has 0 aliphatic rings. The average Bonchev–Trinajstić information content (AvgIpc) is 1.70. The van der Waals surface area contributed by atoms with E-state index in [-0.39, 0.29) is 37.6 Å². The molecule has 0 saturated heterocycles. The number of carbonyl (C=O) groups is 5. The van der Waals surface area contributed by atoms with Gasteiger partial charge in [0.05, 0.1) is 85.7 Å². The van der Waals surface area contributed by atoms with E-state index in [1.165, 1.54) is 28.7 Å². The summed E-state index contributed by atoms with van der Waals surface area (Å²) < 4.78 is 68.3. The van der Waals surface area contributed by atoms with Gasteiger partial charge in [-0.25, -0.2) is 29.0 Å². The number of thiophene rings is 3. The first-order chi connectivity index (χ1) is 61.4. The lowest BCUT2D eigenvalue weighted by atomic mass is 10.1. The molecule has 0 unspecified atom stereocenters. The van der Waals surface area contributed by atoms with Crippen molar-refractivity contribution in [1.82, 2.24) is 20.9 Å². The number of nitrogens with zero attached hydrogens (tertiary/aromatic N) is 7. The van der Waals surface area contributed by atoms with E-state index < -0.39 is 41.4 Å². The summed E-state index contributed by atoms with van der Waals surface area (Å²) in [6.07, 6.45) is 16.4. The summed E-state index contributed by atoms with van der Waals surface area (Å²) in [7, 11) is 3.87. The molecule has 4 aromatic carbocycles. The maximum absolute atomic E-state index is 12.3. The summed E-state index contributed by atoms with van der Waals surface area (Å²) in [5, 5.41) is 49.3. The first kappa shape index (κ1) is 106. The molecule has 8 aromatic rings. The minimum absolute atomic E-state index is 0.0417. The molecule has 0 bridgehead atoms. The molecule has 127 heavy (non-hydrogen) atoms. The lowest BCUT2D eigenvalue weighted by Crippen LogP contribution is -2.34. The van der Waals surface area contributed by atoms with E-state index in [1.54, 1.807) is 65.0 Å². The predicted molar refractivity (Wildman–Crippen MR) is 508 cm³/mol. The van der Waals surface area contributed by atoms with E-state index in [4.69, 9.17) is 91.3 Å². The third-order valence-electron chi connectivity index (χ3n) is 18.3. The standard InChI is InChI=1S/C32H37ClN4O5S.C31H44ClN3O7S.C30H42ClN3O6S/c1-37(14-17-41-32(38)35-13-16-40-19-18-39-15-7-3-2-6-12-33)26-11-10-24-20-27(43-30(24)22-26)21-25(23-34)31-36-28-8-4-5-9-29(28)42-31;1-31(2,3)42-29(37)25(23-33)21-27-20-24-8-9-26(22-28(24)43-27)35(12-14-36)13-17-41-30(38)34-11-16-40-19-18-39-15-7-5-4-6-10-32;1-30(2,3)40-28(35)24(22-32)20-26-19-23-9-10-25(21-27(23)41-26)34(4)13-16-39-29(36)33-12-15-38-18-17-37-14-8-6-5-7-11-31/h4-5,8-11,20-22H,2-3,6-7,12-19H2,1H3,(H,35,38);8-9,20-22,36H,4-7,10-19H2,1-3H3,(H,34,38);9-10,19-21H,5-8,11-18H2,1-4H3,(H,33,36)/b2*25-21+;24-20+. The molecule has 8 rings (SSSR count). The number of hydrogen-bond donors (Lipinski definition) is 4. The van der Waals surface area contributed by atoms with Gasteiger partial charge in [-0.3, -0.25) is 0 Å². The molecule has 4 aromatic heterocycles. The van der Waals surface area contributed by atoms with Crippen molar-refractivity contribution < 1.29 is 85.6 Å². The van der Waals surface area contributed by atoms with Gasteiger partial charge in [-0.15, -0.1) is 68.8 Å². The van der Waals surface area contributed by atoms with Crippen LogP contribution in [0, 0.1) is 34.0 Å². The Hall–Kier alpha value is -9.34. The van der Waals surface area contributed by atoms with E-state index >= 15 is 0 Å². The number of hydrogen-bond acceptors (Lipinski definition) is 28. The van der Waals surface area contributed by atoms with E-state index in [1.807, 2.05) is 132 Å². The van der Waals surface area contributed by atoms with Crippen LogP contribution in [0.2, 0.25) is 0 Å². The van der Waals surface area contributed by atoms with Gasteiger partial charge >= 0.3 is 30.2 Å². The molecule has 0 spiro atoms. The second kappa shape index (κ2) is 61.2. The molecule has 0 aliphatic heterocycles. The third-order valence-corrected chi connectivity index (χ3v) is 22.2. The summed E-state index contributed by atoms with van der Waals surface area (Å²) in [5.41, 5.74) is 3.06. The van der Waals surface area contributed by atoms with Crippen LogP contribution in [0.25, 0.3) is 65.2 Å². The molecular weight excluding hydrogens is 1750 g/mol. The van der Waals surface area contributed by atoms with E-state index in [9.17, 15) is 44.9 Å². The Morgan fingerprint density at radius 3 is 1.17 bits per heavy atom. The van der Waals surface area contributed by atoms with Crippen LogP contribution in [0.3, 0.4) is 0 Å². The number of fused-ring (bicyclic) bond motifs is 4. The van der Waals surface area contributed by atoms with Crippen LogP contribution in [-0.2, 0) is 61.7 Å². The molecule has 0 atom stereocenters. The van der Waals surface area contributed by atoms with E-state index in [0.717, 1.165) is 164 Å². The number of unbranched alkanes of at least 4 members (excludes halogenated alkanes) is 9. The van der Waals surface area contributed by atoms with Gasteiger partial charge in [-0.2, -0.15) is 15.8 Å². The number of aliphatic hydroxyl groups is 1. The highest BCUT2D eigenvalue weighted by atomic mass is 35.5. The molecule has 4 heterocycles. The highest BCUT2D eigenvalue weighted by Crippen LogP contribution is 2.35. The number of aliphatic hydroxyl groups excluding tert-OH is 1. The maximum Gasteiger partial charge on any atom is 0.407 e. The predicted octanol–water partition coefficient (Wildman–Crippen LogP) is 18.8. The fraction of sp³-hybridized carbons (Fsp3) is 0.516. The van der Waals surface area contributed by atoms with E-state index in [0.29, 0.717) is 141 Å². The molecule has 28 nitrogen and oxygen atoms in total. The van der Waals surface area contributed by atoms with Gasteiger partial charge in [0.1, 0.15) is 71.5 Å². The van der Waals surface area contributed by atoms with Crippen LogP contribution in [0.5, 0.6) is 0 Å². The number of halogens is 3. The molecule has 3 amide bonds. The molecule has 0 radical (unpaired) electrons. The van der Waals surface area contributed by atoms with Gasteiger partial charge in [0.2, 0.25) is 5.89 Å². The van der Waals surface area contributed by atoms with E-state index in [2.05, 4.69) is 33.1 Å². The van der Waals surface area contributed by atoms with Crippen molar-refractivity contribution in [1.29, 1.82) is 15.8 Å². The fourth-order valence-corrected chi connectivity index (χ4v) is 15.5. The van der Waals surface area contributed by atoms with Crippen molar-refractivity contribution >= 4 is 181 Å². The number of alkyl carbamates (subject to hydrolysis) is 3. The number of amides is 3. The second-order valence-corrected chi connectivity index (χ2v) is 35.3. The number of esters is 2.